The van der Waals surface area contributed by atoms with Gasteiger partial charge in [-0.15, -0.1) is 0 Å². The molecule has 0 aromatic carbocycles. The van der Waals surface area contributed by atoms with Crippen molar-refractivity contribution in [2.24, 2.45) is 10.8 Å². The maximum Gasteiger partial charge on any atom is 0.0577 e. The minimum Gasteiger partial charge on any atom is -0.396 e. The van der Waals surface area contributed by atoms with Crippen LogP contribution in [-0.2, 0) is 9.47 Å². The lowest BCUT2D eigenvalue weighted by Gasteiger charge is -2.34. The van der Waals surface area contributed by atoms with E-state index in [0.29, 0.717) is 24.2 Å². The molecule has 1 atom stereocenters. The van der Waals surface area contributed by atoms with Crippen molar-refractivity contribution in [1.29, 1.82) is 0 Å². The van der Waals surface area contributed by atoms with Gasteiger partial charge in [0.25, 0.3) is 0 Å². The summed E-state index contributed by atoms with van der Waals surface area (Å²) in [5.74, 6) is 0. The molecule has 23 heavy (non-hydrogen) atoms. The second-order valence-electron chi connectivity index (χ2n) is 8.65. The third kappa shape index (κ3) is 8.00. The molecule has 1 unspecified atom stereocenters. The lowest BCUT2D eigenvalue weighted by Crippen LogP contribution is -2.34. The summed E-state index contributed by atoms with van der Waals surface area (Å²) in [6.07, 6.45) is 9.71. The van der Waals surface area contributed by atoms with Gasteiger partial charge in [-0.2, -0.15) is 0 Å². The van der Waals surface area contributed by atoms with E-state index in [9.17, 15) is 5.11 Å². The number of rotatable bonds is 11. The summed E-state index contributed by atoms with van der Waals surface area (Å²) in [7, 11) is 0. The molecular weight excluding hydrogens is 288 g/mol. The average Bonchev–Trinajstić information content (AvgIpc) is 2.52. The molecule has 0 aromatic heterocycles. The number of aliphatic hydroxyl groups is 1. The highest BCUT2D eigenvalue weighted by Gasteiger charge is 2.28. The van der Waals surface area contributed by atoms with Crippen molar-refractivity contribution in [1.82, 2.24) is 0 Å². The topological polar surface area (TPSA) is 38.7 Å². The van der Waals surface area contributed by atoms with Crippen molar-refractivity contribution < 1.29 is 14.6 Å². The van der Waals surface area contributed by atoms with Crippen LogP contribution in [0.5, 0.6) is 0 Å². The molecule has 1 saturated carbocycles. The normalized spacial score (nSPS) is 25.3. The number of aliphatic hydroxyl groups excluding tert-OH is 1. The van der Waals surface area contributed by atoms with Crippen molar-refractivity contribution >= 4 is 0 Å². The Balaban J connectivity index is 2.25. The average molecular weight is 329 g/mol. The zero-order valence-corrected chi connectivity index (χ0v) is 16.2. The van der Waals surface area contributed by atoms with Gasteiger partial charge in [-0.3, -0.25) is 0 Å². The fourth-order valence-corrected chi connectivity index (χ4v) is 3.58. The molecule has 0 bridgehead atoms. The summed E-state index contributed by atoms with van der Waals surface area (Å²) < 4.78 is 12.3. The van der Waals surface area contributed by atoms with Gasteiger partial charge in [-0.05, 0) is 43.9 Å². The third-order valence-corrected chi connectivity index (χ3v) is 5.16. The highest BCUT2D eigenvalue weighted by Crippen LogP contribution is 2.30. The van der Waals surface area contributed by atoms with Crippen LogP contribution in [0.25, 0.3) is 0 Å². The van der Waals surface area contributed by atoms with Gasteiger partial charge in [0.05, 0.1) is 32.0 Å². The minimum atomic E-state index is -0.0771. The van der Waals surface area contributed by atoms with E-state index in [0.717, 1.165) is 45.1 Å². The fourth-order valence-electron chi connectivity index (χ4n) is 3.58. The predicted octanol–water partition coefficient (Wildman–Crippen LogP) is 4.96. The van der Waals surface area contributed by atoms with Crippen molar-refractivity contribution in [3.05, 3.63) is 0 Å². The molecule has 0 heterocycles. The Bertz CT molecular complexity index is 308. The van der Waals surface area contributed by atoms with Crippen LogP contribution in [0.1, 0.15) is 86.0 Å². The Labute approximate surface area is 144 Å². The molecule has 3 heteroatoms. The predicted molar refractivity (Wildman–Crippen MR) is 96.7 cm³/mol. The molecule has 1 fully saturated rings. The Morgan fingerprint density at radius 3 is 1.74 bits per heavy atom. The highest BCUT2D eigenvalue weighted by molar-refractivity contribution is 4.78. The molecule has 138 valence electrons. The summed E-state index contributed by atoms with van der Waals surface area (Å²) in [6.45, 7) is 12.9. The smallest absolute Gasteiger partial charge is 0.0577 e. The first-order chi connectivity index (χ1) is 10.8. The van der Waals surface area contributed by atoms with Gasteiger partial charge in [0, 0.05) is 5.41 Å². The molecule has 3 nitrogen and oxygen atoms in total. The van der Waals surface area contributed by atoms with Crippen molar-refractivity contribution in [3.8, 4) is 0 Å². The van der Waals surface area contributed by atoms with E-state index in [2.05, 4.69) is 34.6 Å². The summed E-state index contributed by atoms with van der Waals surface area (Å²) >= 11 is 0. The highest BCUT2D eigenvalue weighted by atomic mass is 16.5. The molecule has 0 radical (unpaired) electrons. The van der Waals surface area contributed by atoms with E-state index in [4.69, 9.17) is 9.47 Å². The van der Waals surface area contributed by atoms with Gasteiger partial charge >= 0.3 is 0 Å². The van der Waals surface area contributed by atoms with Gasteiger partial charge in [-0.1, -0.05) is 47.5 Å². The Morgan fingerprint density at radius 2 is 1.30 bits per heavy atom. The van der Waals surface area contributed by atoms with Crippen LogP contribution < -0.4 is 0 Å². The molecule has 0 aliphatic heterocycles. The fraction of sp³-hybridized carbons (Fsp3) is 1.00. The van der Waals surface area contributed by atoms with E-state index >= 15 is 0 Å². The molecule has 1 N–H and O–H groups in total. The van der Waals surface area contributed by atoms with E-state index < -0.39 is 0 Å². The van der Waals surface area contributed by atoms with E-state index in [1.165, 1.54) is 12.8 Å². The quantitative estimate of drug-likeness (QED) is 0.583. The summed E-state index contributed by atoms with van der Waals surface area (Å²) in [5.41, 5.74) is 0.220. The van der Waals surface area contributed by atoms with Crippen LogP contribution in [0, 0.1) is 10.8 Å². The maximum atomic E-state index is 9.58. The molecule has 0 amide bonds. The molecule has 1 aliphatic carbocycles. The second kappa shape index (κ2) is 10.0. The summed E-state index contributed by atoms with van der Waals surface area (Å²) in [6, 6.07) is 0. The summed E-state index contributed by atoms with van der Waals surface area (Å²) in [5, 5.41) is 9.58. The second-order valence-corrected chi connectivity index (χ2v) is 8.65. The summed E-state index contributed by atoms with van der Waals surface area (Å²) in [4.78, 5) is 0. The zero-order valence-electron chi connectivity index (χ0n) is 16.2. The largest absolute Gasteiger partial charge is 0.396 e. The van der Waals surface area contributed by atoms with Crippen molar-refractivity contribution in [3.63, 3.8) is 0 Å². The molecule has 0 saturated heterocycles. The molecule has 1 aliphatic rings. The van der Waals surface area contributed by atoms with E-state index in [1.807, 2.05) is 0 Å². The van der Waals surface area contributed by atoms with Crippen LogP contribution in [-0.4, -0.2) is 37.1 Å². The van der Waals surface area contributed by atoms with Gasteiger partial charge in [-0.25, -0.2) is 0 Å². The van der Waals surface area contributed by atoms with Crippen LogP contribution in [0.15, 0.2) is 0 Å². The number of hydrogen-bond donors (Lipinski definition) is 1. The van der Waals surface area contributed by atoms with Gasteiger partial charge < -0.3 is 14.6 Å². The van der Waals surface area contributed by atoms with E-state index in [1.54, 1.807) is 0 Å². The molecular formula is C20H40O3. The lowest BCUT2D eigenvalue weighted by molar-refractivity contribution is -0.0748. The van der Waals surface area contributed by atoms with Gasteiger partial charge in [0.1, 0.15) is 0 Å². The number of hydrogen-bond acceptors (Lipinski definition) is 3. The van der Waals surface area contributed by atoms with Crippen molar-refractivity contribution in [2.45, 2.75) is 98.2 Å². The zero-order chi connectivity index (χ0) is 17.3. The van der Waals surface area contributed by atoms with Crippen LogP contribution in [0.4, 0.5) is 0 Å². The first kappa shape index (κ1) is 20.9. The molecule has 0 aromatic rings. The van der Waals surface area contributed by atoms with Crippen molar-refractivity contribution in [2.75, 3.05) is 19.8 Å². The molecule has 1 rings (SSSR count). The van der Waals surface area contributed by atoms with Crippen LogP contribution in [0.3, 0.4) is 0 Å². The SMILES string of the molecule is CCCC(C)(C)COC1CCC(OCC(C)(CO)CCC)CC1. The standard InChI is InChI=1S/C20H40O3/c1-6-12-19(3,4)15-22-17-8-10-18(11-9-17)23-16-20(5,14-21)13-7-2/h17-18,21H,6-16H2,1-5H3. The Hall–Kier alpha value is -0.120. The van der Waals surface area contributed by atoms with Gasteiger partial charge in [0.15, 0.2) is 0 Å². The van der Waals surface area contributed by atoms with Crippen LogP contribution >= 0.6 is 0 Å². The first-order valence-electron chi connectivity index (χ1n) is 9.68. The third-order valence-electron chi connectivity index (χ3n) is 5.16. The van der Waals surface area contributed by atoms with E-state index in [-0.39, 0.29) is 12.0 Å². The number of ether oxygens (including phenoxy) is 2. The van der Waals surface area contributed by atoms with Gasteiger partial charge in [0.2, 0.25) is 0 Å². The molecule has 0 spiro atoms. The monoisotopic (exact) mass is 328 g/mol. The lowest BCUT2D eigenvalue weighted by atomic mass is 9.87. The minimum absolute atomic E-state index is 0.0771. The first-order valence-corrected chi connectivity index (χ1v) is 9.68. The Morgan fingerprint density at radius 1 is 0.826 bits per heavy atom. The van der Waals surface area contributed by atoms with Crippen LogP contribution in [0.2, 0.25) is 0 Å². The Kier molecular flexibility index (Phi) is 9.10. The maximum absolute atomic E-state index is 9.58.